The Hall–Kier alpha value is -1.06. The largest absolute Gasteiger partial charge is 0.399 e. The fourth-order valence-electron chi connectivity index (χ4n) is 3.59. The Balaban J connectivity index is 1.57. The minimum atomic E-state index is 0.243. The van der Waals surface area contributed by atoms with E-state index in [0.717, 1.165) is 25.3 Å². The van der Waals surface area contributed by atoms with Gasteiger partial charge in [-0.05, 0) is 43.9 Å². The molecular formula is C18H28N2O. The standard InChI is InChI=1S/C18H28N2O/c1-4-21-16-11-15(17(16,2)3)20-12-18(9-10-18)13-5-7-14(19)8-6-13/h5-8,15-16,20H,4,9-12,19H2,1-3H3. The second-order valence-corrected chi connectivity index (χ2v) is 7.34. The van der Waals surface area contributed by atoms with E-state index in [1.807, 2.05) is 12.1 Å². The highest BCUT2D eigenvalue weighted by atomic mass is 16.5. The molecule has 1 aromatic carbocycles. The van der Waals surface area contributed by atoms with Gasteiger partial charge >= 0.3 is 0 Å². The van der Waals surface area contributed by atoms with Crippen molar-refractivity contribution in [1.29, 1.82) is 0 Å². The second-order valence-electron chi connectivity index (χ2n) is 7.34. The van der Waals surface area contributed by atoms with Gasteiger partial charge < -0.3 is 15.8 Å². The van der Waals surface area contributed by atoms with Crippen molar-refractivity contribution in [2.75, 3.05) is 18.9 Å². The van der Waals surface area contributed by atoms with Crippen molar-refractivity contribution in [2.45, 2.75) is 57.6 Å². The van der Waals surface area contributed by atoms with Gasteiger partial charge in [-0.15, -0.1) is 0 Å². The molecule has 2 fully saturated rings. The van der Waals surface area contributed by atoms with Crippen LogP contribution in [-0.4, -0.2) is 25.3 Å². The van der Waals surface area contributed by atoms with Crippen LogP contribution in [0.25, 0.3) is 0 Å². The molecule has 3 N–H and O–H groups in total. The van der Waals surface area contributed by atoms with E-state index in [2.05, 4.69) is 38.2 Å². The molecule has 0 radical (unpaired) electrons. The third kappa shape index (κ3) is 2.69. The number of nitrogens with one attached hydrogen (secondary N) is 1. The number of nitrogen functional groups attached to an aromatic ring is 1. The maximum absolute atomic E-state index is 5.81. The molecule has 3 heteroatoms. The van der Waals surface area contributed by atoms with E-state index >= 15 is 0 Å². The molecule has 1 aromatic rings. The Morgan fingerprint density at radius 3 is 2.43 bits per heavy atom. The highest BCUT2D eigenvalue weighted by Crippen LogP contribution is 2.49. The number of rotatable bonds is 6. The lowest BCUT2D eigenvalue weighted by Crippen LogP contribution is -2.61. The topological polar surface area (TPSA) is 47.3 Å². The molecule has 0 bridgehead atoms. The fourth-order valence-corrected chi connectivity index (χ4v) is 3.59. The van der Waals surface area contributed by atoms with E-state index in [9.17, 15) is 0 Å². The summed E-state index contributed by atoms with van der Waals surface area (Å²) in [5.41, 5.74) is 8.67. The quantitative estimate of drug-likeness (QED) is 0.791. The first kappa shape index (κ1) is 14.9. The van der Waals surface area contributed by atoms with Crippen LogP contribution in [0.1, 0.15) is 45.6 Å². The Morgan fingerprint density at radius 2 is 1.90 bits per heavy atom. The molecule has 116 valence electrons. The van der Waals surface area contributed by atoms with Crippen molar-refractivity contribution in [3.63, 3.8) is 0 Å². The molecule has 0 amide bonds. The van der Waals surface area contributed by atoms with E-state index in [-0.39, 0.29) is 5.41 Å². The summed E-state index contributed by atoms with van der Waals surface area (Å²) in [6.07, 6.45) is 4.11. The zero-order chi connectivity index (χ0) is 15.1. The van der Waals surface area contributed by atoms with Crippen LogP contribution in [0.3, 0.4) is 0 Å². The Bertz CT molecular complexity index is 490. The van der Waals surface area contributed by atoms with Crippen LogP contribution in [0.15, 0.2) is 24.3 Å². The summed E-state index contributed by atoms with van der Waals surface area (Å²) in [5, 5.41) is 3.80. The summed E-state index contributed by atoms with van der Waals surface area (Å²) in [6.45, 7) is 8.60. The number of nitrogens with two attached hydrogens (primary N) is 1. The third-order valence-corrected chi connectivity index (χ3v) is 5.61. The van der Waals surface area contributed by atoms with Crippen molar-refractivity contribution in [1.82, 2.24) is 5.32 Å². The average molecular weight is 288 g/mol. The smallest absolute Gasteiger partial charge is 0.0655 e. The molecule has 0 heterocycles. The van der Waals surface area contributed by atoms with Crippen molar-refractivity contribution < 1.29 is 4.74 Å². The first-order chi connectivity index (χ1) is 9.98. The highest BCUT2D eigenvalue weighted by Gasteiger charge is 2.51. The van der Waals surface area contributed by atoms with Crippen molar-refractivity contribution in [2.24, 2.45) is 5.41 Å². The summed E-state index contributed by atoms with van der Waals surface area (Å²) in [4.78, 5) is 0. The minimum Gasteiger partial charge on any atom is -0.399 e. The predicted octanol–water partition coefficient (Wildman–Crippen LogP) is 3.09. The summed E-state index contributed by atoms with van der Waals surface area (Å²) in [6, 6.07) is 9.00. The van der Waals surface area contributed by atoms with E-state index in [1.165, 1.54) is 18.4 Å². The van der Waals surface area contributed by atoms with E-state index in [1.54, 1.807) is 0 Å². The van der Waals surface area contributed by atoms with E-state index < -0.39 is 0 Å². The molecular weight excluding hydrogens is 260 g/mol. The maximum atomic E-state index is 5.81. The van der Waals surface area contributed by atoms with Gasteiger partial charge in [0.15, 0.2) is 0 Å². The van der Waals surface area contributed by atoms with Crippen LogP contribution in [-0.2, 0) is 10.2 Å². The molecule has 2 aliphatic rings. The summed E-state index contributed by atoms with van der Waals surface area (Å²) < 4.78 is 5.81. The van der Waals surface area contributed by atoms with Crippen LogP contribution in [0.4, 0.5) is 5.69 Å². The van der Waals surface area contributed by atoms with Crippen LogP contribution in [0, 0.1) is 5.41 Å². The number of anilines is 1. The van der Waals surface area contributed by atoms with Gasteiger partial charge in [0, 0.05) is 35.7 Å². The van der Waals surface area contributed by atoms with Gasteiger partial charge in [-0.1, -0.05) is 26.0 Å². The van der Waals surface area contributed by atoms with Gasteiger partial charge in [0.25, 0.3) is 0 Å². The predicted molar refractivity (Wildman–Crippen MR) is 87.4 cm³/mol. The first-order valence-electron chi connectivity index (χ1n) is 8.19. The molecule has 3 rings (SSSR count). The lowest BCUT2D eigenvalue weighted by Gasteiger charge is -2.52. The van der Waals surface area contributed by atoms with Crippen LogP contribution >= 0.6 is 0 Å². The second kappa shape index (κ2) is 5.29. The van der Waals surface area contributed by atoms with Crippen molar-refractivity contribution >= 4 is 5.69 Å². The Kier molecular flexibility index (Phi) is 3.74. The molecule has 0 saturated heterocycles. The number of hydrogen-bond donors (Lipinski definition) is 2. The molecule has 2 aliphatic carbocycles. The highest BCUT2D eigenvalue weighted by molar-refractivity contribution is 5.43. The Labute approximate surface area is 128 Å². The van der Waals surface area contributed by atoms with Gasteiger partial charge in [-0.3, -0.25) is 0 Å². The summed E-state index contributed by atoms with van der Waals surface area (Å²) in [7, 11) is 0. The molecule has 0 aliphatic heterocycles. The Morgan fingerprint density at radius 1 is 1.24 bits per heavy atom. The molecule has 0 aromatic heterocycles. The minimum absolute atomic E-state index is 0.243. The lowest BCUT2D eigenvalue weighted by atomic mass is 9.64. The van der Waals surface area contributed by atoms with Gasteiger partial charge in [-0.25, -0.2) is 0 Å². The average Bonchev–Trinajstić information content (AvgIpc) is 3.24. The molecule has 3 nitrogen and oxygen atoms in total. The molecule has 2 unspecified atom stereocenters. The fraction of sp³-hybridized carbons (Fsp3) is 0.667. The van der Waals surface area contributed by atoms with Gasteiger partial charge in [0.1, 0.15) is 0 Å². The van der Waals surface area contributed by atoms with Crippen LogP contribution in [0.5, 0.6) is 0 Å². The number of hydrogen-bond acceptors (Lipinski definition) is 3. The van der Waals surface area contributed by atoms with E-state index in [4.69, 9.17) is 10.5 Å². The summed E-state index contributed by atoms with van der Waals surface area (Å²) in [5.74, 6) is 0. The number of benzene rings is 1. The van der Waals surface area contributed by atoms with Crippen LogP contribution in [0.2, 0.25) is 0 Å². The monoisotopic (exact) mass is 288 g/mol. The zero-order valence-corrected chi connectivity index (χ0v) is 13.5. The lowest BCUT2D eigenvalue weighted by molar-refractivity contribution is -0.114. The van der Waals surface area contributed by atoms with Gasteiger partial charge in [0.05, 0.1) is 6.10 Å². The van der Waals surface area contributed by atoms with Gasteiger partial charge in [0.2, 0.25) is 0 Å². The zero-order valence-electron chi connectivity index (χ0n) is 13.5. The number of ether oxygens (including phenoxy) is 1. The normalized spacial score (nSPS) is 28.9. The van der Waals surface area contributed by atoms with E-state index in [0.29, 0.717) is 17.6 Å². The maximum Gasteiger partial charge on any atom is 0.0655 e. The van der Waals surface area contributed by atoms with Crippen LogP contribution < -0.4 is 11.1 Å². The van der Waals surface area contributed by atoms with Crippen molar-refractivity contribution in [3.8, 4) is 0 Å². The molecule has 2 atom stereocenters. The third-order valence-electron chi connectivity index (χ3n) is 5.61. The summed E-state index contributed by atoms with van der Waals surface area (Å²) >= 11 is 0. The molecule has 21 heavy (non-hydrogen) atoms. The van der Waals surface area contributed by atoms with Gasteiger partial charge in [-0.2, -0.15) is 0 Å². The molecule has 0 spiro atoms. The molecule has 2 saturated carbocycles. The SMILES string of the molecule is CCOC1CC(NCC2(c3ccc(N)cc3)CC2)C1(C)C. The first-order valence-corrected chi connectivity index (χ1v) is 8.19. The van der Waals surface area contributed by atoms with Crippen molar-refractivity contribution in [3.05, 3.63) is 29.8 Å².